The highest BCUT2D eigenvalue weighted by Crippen LogP contribution is 2.28. The van der Waals surface area contributed by atoms with Gasteiger partial charge in [0.05, 0.1) is 12.6 Å². The van der Waals surface area contributed by atoms with E-state index in [4.69, 9.17) is 5.73 Å². The van der Waals surface area contributed by atoms with Crippen molar-refractivity contribution in [1.29, 1.82) is 0 Å². The Balaban J connectivity index is 2.04. The summed E-state index contributed by atoms with van der Waals surface area (Å²) in [4.78, 5) is 10.1. The summed E-state index contributed by atoms with van der Waals surface area (Å²) in [5.41, 5.74) is 5.92. The highest BCUT2D eigenvalue weighted by atomic mass is 32.1. The molecule has 4 nitrogen and oxygen atoms in total. The van der Waals surface area contributed by atoms with E-state index in [0.717, 1.165) is 19.6 Å². The molecule has 2 rings (SSSR count). The lowest BCUT2D eigenvalue weighted by atomic mass is 10.2. The molecule has 1 aromatic rings. The Morgan fingerprint density at radius 1 is 1.62 bits per heavy atom. The summed E-state index contributed by atoms with van der Waals surface area (Å²) in [6, 6.07) is 4.59. The summed E-state index contributed by atoms with van der Waals surface area (Å²) in [5, 5.41) is 2.11. The molecular weight excluding hydrogens is 220 g/mol. The number of nitrogens with two attached hydrogens (primary N) is 1. The van der Waals surface area contributed by atoms with Gasteiger partial charge in [-0.05, 0) is 25.5 Å². The van der Waals surface area contributed by atoms with Gasteiger partial charge in [-0.25, -0.2) is 0 Å². The van der Waals surface area contributed by atoms with Crippen LogP contribution in [0, 0.1) is 0 Å². The quantitative estimate of drug-likeness (QED) is 0.850. The van der Waals surface area contributed by atoms with Gasteiger partial charge in [-0.2, -0.15) is 0 Å². The first kappa shape index (κ1) is 11.4. The molecule has 1 atom stereocenters. The largest absolute Gasteiger partial charge is 0.370 e. The molecule has 2 heterocycles. The molecule has 0 aliphatic carbocycles. The fraction of sp³-hybridized carbons (Fsp3) is 0.545. The maximum absolute atomic E-state index is 5.92. The monoisotopic (exact) mass is 238 g/mol. The molecule has 0 saturated heterocycles. The van der Waals surface area contributed by atoms with Crippen LogP contribution >= 0.6 is 11.3 Å². The summed E-state index contributed by atoms with van der Waals surface area (Å²) in [7, 11) is 4.15. The minimum atomic E-state index is 0.347. The molecule has 88 valence electrons. The second kappa shape index (κ2) is 4.84. The van der Waals surface area contributed by atoms with Crippen molar-refractivity contribution in [3.63, 3.8) is 0 Å². The van der Waals surface area contributed by atoms with E-state index >= 15 is 0 Å². The van der Waals surface area contributed by atoms with Gasteiger partial charge in [-0.15, -0.1) is 11.3 Å². The van der Waals surface area contributed by atoms with Crippen molar-refractivity contribution in [3.05, 3.63) is 22.4 Å². The lowest BCUT2D eigenvalue weighted by Crippen LogP contribution is -2.40. The Morgan fingerprint density at radius 3 is 3.06 bits per heavy atom. The molecule has 0 radical (unpaired) electrons. The van der Waals surface area contributed by atoms with Crippen molar-refractivity contribution in [2.45, 2.75) is 6.04 Å². The number of likely N-dealkylation sites (N-methyl/N-ethyl adjacent to an activating group) is 1. The fourth-order valence-electron chi connectivity index (χ4n) is 1.83. The normalized spacial score (nSPS) is 20.6. The average Bonchev–Trinajstić information content (AvgIpc) is 2.83. The van der Waals surface area contributed by atoms with Crippen LogP contribution in [0.4, 0.5) is 0 Å². The van der Waals surface area contributed by atoms with Gasteiger partial charge in [0.1, 0.15) is 0 Å². The zero-order valence-corrected chi connectivity index (χ0v) is 10.6. The Kier molecular flexibility index (Phi) is 3.46. The van der Waals surface area contributed by atoms with E-state index in [2.05, 4.69) is 46.4 Å². The molecule has 1 unspecified atom stereocenters. The van der Waals surface area contributed by atoms with Crippen LogP contribution in [0.1, 0.15) is 10.9 Å². The maximum atomic E-state index is 5.92. The first-order chi connectivity index (χ1) is 7.68. The number of rotatable bonds is 4. The Labute approximate surface area is 100 Å². The average molecular weight is 238 g/mol. The molecule has 0 fully saturated rings. The number of nitrogens with zero attached hydrogens (tertiary/aromatic N) is 3. The third-order valence-corrected chi connectivity index (χ3v) is 3.73. The van der Waals surface area contributed by atoms with Crippen LogP contribution in [0.25, 0.3) is 0 Å². The van der Waals surface area contributed by atoms with E-state index in [1.54, 1.807) is 11.3 Å². The molecule has 0 aromatic carbocycles. The first-order valence-corrected chi connectivity index (χ1v) is 6.31. The zero-order valence-electron chi connectivity index (χ0n) is 9.76. The van der Waals surface area contributed by atoms with Crippen LogP contribution in [0.2, 0.25) is 0 Å². The van der Waals surface area contributed by atoms with Gasteiger partial charge >= 0.3 is 0 Å². The maximum Gasteiger partial charge on any atom is 0.191 e. The fourth-order valence-corrected chi connectivity index (χ4v) is 2.66. The molecular formula is C11H18N4S. The standard InChI is InChI=1S/C11H18N4S/c1-14(2)5-6-15-9(8-13-11(15)12)10-4-3-7-16-10/h3-4,7,9H,5-6,8H2,1-2H3,(H2,12,13). The summed E-state index contributed by atoms with van der Waals surface area (Å²) in [5.74, 6) is 0.681. The Hall–Kier alpha value is -1.07. The van der Waals surface area contributed by atoms with E-state index in [-0.39, 0.29) is 0 Å². The third kappa shape index (κ3) is 2.36. The van der Waals surface area contributed by atoms with Gasteiger partial charge in [0, 0.05) is 18.0 Å². The van der Waals surface area contributed by atoms with Gasteiger partial charge in [0.25, 0.3) is 0 Å². The summed E-state index contributed by atoms with van der Waals surface area (Å²) >= 11 is 1.78. The van der Waals surface area contributed by atoms with Crippen molar-refractivity contribution in [3.8, 4) is 0 Å². The van der Waals surface area contributed by atoms with E-state index in [1.807, 2.05) is 0 Å². The van der Waals surface area contributed by atoms with Crippen molar-refractivity contribution in [2.24, 2.45) is 10.7 Å². The van der Waals surface area contributed by atoms with E-state index in [0.29, 0.717) is 12.0 Å². The summed E-state index contributed by atoms with van der Waals surface area (Å²) in [6.07, 6.45) is 0. The molecule has 5 heteroatoms. The third-order valence-electron chi connectivity index (χ3n) is 2.76. The van der Waals surface area contributed by atoms with Crippen molar-refractivity contribution < 1.29 is 0 Å². The van der Waals surface area contributed by atoms with E-state index in [9.17, 15) is 0 Å². The van der Waals surface area contributed by atoms with Crippen LogP contribution in [0.15, 0.2) is 22.5 Å². The molecule has 16 heavy (non-hydrogen) atoms. The van der Waals surface area contributed by atoms with Crippen LogP contribution in [0.5, 0.6) is 0 Å². The minimum Gasteiger partial charge on any atom is -0.370 e. The second-order valence-electron chi connectivity index (χ2n) is 4.23. The van der Waals surface area contributed by atoms with Crippen LogP contribution in [-0.2, 0) is 0 Å². The van der Waals surface area contributed by atoms with Crippen molar-refractivity contribution in [1.82, 2.24) is 9.80 Å². The Bertz CT molecular complexity index is 358. The van der Waals surface area contributed by atoms with Gasteiger partial charge in [-0.3, -0.25) is 4.99 Å². The predicted octanol–water partition coefficient (Wildman–Crippen LogP) is 0.981. The number of hydrogen-bond acceptors (Lipinski definition) is 5. The molecule has 2 N–H and O–H groups in total. The molecule has 1 aliphatic rings. The number of aliphatic imine (C=N–C) groups is 1. The number of thiophene rings is 1. The zero-order chi connectivity index (χ0) is 11.5. The van der Waals surface area contributed by atoms with Crippen LogP contribution in [0.3, 0.4) is 0 Å². The number of hydrogen-bond donors (Lipinski definition) is 1. The lowest BCUT2D eigenvalue weighted by molar-refractivity contribution is 0.295. The molecule has 1 aromatic heterocycles. The predicted molar refractivity (Wildman–Crippen MR) is 68.8 cm³/mol. The second-order valence-corrected chi connectivity index (χ2v) is 5.21. The van der Waals surface area contributed by atoms with Gasteiger partial charge in [0.15, 0.2) is 5.96 Å². The first-order valence-electron chi connectivity index (χ1n) is 5.43. The van der Waals surface area contributed by atoms with Gasteiger partial charge < -0.3 is 15.5 Å². The molecule has 0 amide bonds. The van der Waals surface area contributed by atoms with E-state index < -0.39 is 0 Å². The van der Waals surface area contributed by atoms with E-state index in [1.165, 1.54) is 4.88 Å². The van der Waals surface area contributed by atoms with Crippen LogP contribution < -0.4 is 5.73 Å². The van der Waals surface area contributed by atoms with Crippen molar-refractivity contribution in [2.75, 3.05) is 33.7 Å². The highest BCUT2D eigenvalue weighted by molar-refractivity contribution is 7.10. The van der Waals surface area contributed by atoms with Crippen LogP contribution in [-0.4, -0.2) is 49.5 Å². The highest BCUT2D eigenvalue weighted by Gasteiger charge is 2.27. The Morgan fingerprint density at radius 2 is 2.44 bits per heavy atom. The summed E-state index contributed by atoms with van der Waals surface area (Å²) < 4.78 is 0. The van der Waals surface area contributed by atoms with Crippen molar-refractivity contribution >= 4 is 17.3 Å². The lowest BCUT2D eigenvalue weighted by Gasteiger charge is -2.26. The molecule has 0 bridgehead atoms. The molecule has 1 aliphatic heterocycles. The SMILES string of the molecule is CN(C)CCN1C(N)=NCC1c1cccs1. The summed E-state index contributed by atoms with van der Waals surface area (Å²) in [6.45, 7) is 2.72. The molecule has 0 spiro atoms. The minimum absolute atomic E-state index is 0.347. The van der Waals surface area contributed by atoms with Gasteiger partial charge in [0.2, 0.25) is 0 Å². The van der Waals surface area contributed by atoms with Gasteiger partial charge in [-0.1, -0.05) is 6.07 Å². The smallest absolute Gasteiger partial charge is 0.191 e. The molecule has 0 saturated carbocycles. The number of guanidine groups is 1. The topological polar surface area (TPSA) is 44.9 Å².